The van der Waals surface area contributed by atoms with Crippen LogP contribution < -0.4 is 39.5 Å². The van der Waals surface area contributed by atoms with E-state index in [4.69, 9.17) is 44.4 Å². The lowest BCUT2D eigenvalue weighted by Gasteiger charge is -2.25. The number of nitrogens with one attached hydrogen (secondary N) is 1. The number of methoxy groups -OCH3 is 6. The maximum atomic E-state index is 11.5. The van der Waals surface area contributed by atoms with Gasteiger partial charge in [0.05, 0.1) is 61.4 Å². The molecule has 15 nitrogen and oxygen atoms in total. The van der Waals surface area contributed by atoms with Gasteiger partial charge >= 0.3 is 11.9 Å². The number of carboxylic acids is 2. The van der Waals surface area contributed by atoms with Crippen molar-refractivity contribution in [1.29, 1.82) is 0 Å². The Morgan fingerprint density at radius 1 is 0.562 bits per heavy atom. The first kappa shape index (κ1) is 57.6. The van der Waals surface area contributed by atoms with E-state index < -0.39 is 36.2 Å². The van der Waals surface area contributed by atoms with Crippen molar-refractivity contribution in [2.24, 2.45) is 5.73 Å². The summed E-state index contributed by atoms with van der Waals surface area (Å²) in [4.78, 5) is 32.8. The lowest BCUT2D eigenvalue weighted by atomic mass is 9.95. The highest BCUT2D eigenvalue weighted by atomic mass is 16.5. The van der Waals surface area contributed by atoms with Crippen LogP contribution in [0.1, 0.15) is 63.1 Å². The van der Waals surface area contributed by atoms with E-state index in [9.17, 15) is 24.6 Å². The molecule has 73 heavy (non-hydrogen) atoms. The van der Waals surface area contributed by atoms with Gasteiger partial charge in [-0.05, 0) is 132 Å². The second-order valence-electron chi connectivity index (χ2n) is 17.1. The molecule has 0 saturated carbocycles. The van der Waals surface area contributed by atoms with Crippen LogP contribution >= 0.6 is 0 Å². The number of aldehydes is 1. The fourth-order valence-corrected chi connectivity index (χ4v) is 7.20. The molecule has 0 aliphatic heterocycles. The Labute approximate surface area is 427 Å². The Morgan fingerprint density at radius 3 is 1.26 bits per heavy atom. The normalized spacial score (nSPS) is 12.5. The summed E-state index contributed by atoms with van der Waals surface area (Å²) in [6.45, 7) is 5.92. The Morgan fingerprint density at radius 2 is 0.959 bits per heavy atom. The smallest absolute Gasteiger partial charge is 0.326 e. The number of benzene rings is 6. The zero-order valence-electron chi connectivity index (χ0n) is 42.9. The van der Waals surface area contributed by atoms with Crippen LogP contribution in [0.2, 0.25) is 0 Å². The zero-order chi connectivity index (χ0) is 53.9. The number of ether oxygens (including phenoxy) is 6. The van der Waals surface area contributed by atoms with Gasteiger partial charge < -0.3 is 54.6 Å². The van der Waals surface area contributed by atoms with E-state index in [1.807, 2.05) is 91.0 Å². The molecule has 0 radical (unpaired) electrons. The topological polar surface area (TPSA) is 226 Å². The zero-order valence-corrected chi connectivity index (χ0v) is 42.9. The molecule has 6 rings (SSSR count). The second-order valence-corrected chi connectivity index (χ2v) is 17.1. The van der Waals surface area contributed by atoms with Crippen molar-refractivity contribution in [3.8, 4) is 56.8 Å². The molecule has 0 aliphatic rings. The van der Waals surface area contributed by atoms with E-state index >= 15 is 0 Å². The molecular weight excluding hydrogens is 933 g/mol. The van der Waals surface area contributed by atoms with Crippen LogP contribution in [0, 0.1) is 13.8 Å². The second kappa shape index (κ2) is 27.0. The minimum atomic E-state index is -1.49. The maximum absolute atomic E-state index is 11.5. The number of rotatable bonds is 20. The summed E-state index contributed by atoms with van der Waals surface area (Å²) in [5.74, 6) is 1.40. The lowest BCUT2D eigenvalue weighted by Crippen LogP contribution is -2.52. The number of carbonyl (C=O) groups excluding carboxylic acids is 1. The van der Waals surface area contributed by atoms with Gasteiger partial charge in [-0.1, -0.05) is 85.0 Å². The van der Waals surface area contributed by atoms with Gasteiger partial charge in [0.15, 0.2) is 6.29 Å². The molecule has 0 bridgehead atoms. The fraction of sp³-hybridized carbons (Fsp3) is 0.259. The van der Waals surface area contributed by atoms with Gasteiger partial charge in [0.1, 0.15) is 45.6 Å². The van der Waals surface area contributed by atoms with Gasteiger partial charge in [0.25, 0.3) is 0 Å². The van der Waals surface area contributed by atoms with Gasteiger partial charge in [-0.15, -0.1) is 0 Å². The molecule has 15 heteroatoms. The van der Waals surface area contributed by atoms with E-state index in [2.05, 4.69) is 61.6 Å². The number of hydrogen-bond acceptors (Lipinski definition) is 13. The van der Waals surface area contributed by atoms with Gasteiger partial charge in [0.2, 0.25) is 0 Å². The first-order valence-corrected chi connectivity index (χ1v) is 22.9. The summed E-state index contributed by atoms with van der Waals surface area (Å²) in [5.41, 5.74) is 13.9. The molecule has 0 amide bonds. The number of hydrogen-bond donors (Lipinski definition) is 6. The monoisotopic (exact) mass is 998 g/mol. The first-order chi connectivity index (χ1) is 34.9. The summed E-state index contributed by atoms with van der Waals surface area (Å²) >= 11 is 0. The number of aliphatic hydroxyl groups is 2. The van der Waals surface area contributed by atoms with Crippen LogP contribution in [-0.2, 0) is 16.1 Å². The fourth-order valence-electron chi connectivity index (χ4n) is 7.20. The summed E-state index contributed by atoms with van der Waals surface area (Å²) in [7, 11) is 9.50. The molecule has 6 aromatic carbocycles. The van der Waals surface area contributed by atoms with Crippen LogP contribution in [0.25, 0.3) is 46.6 Å². The summed E-state index contributed by atoms with van der Waals surface area (Å²) < 4.78 is 32.4. The molecule has 0 heterocycles. The van der Waals surface area contributed by atoms with Gasteiger partial charge in [-0.25, -0.2) is 0 Å². The third-order valence-corrected chi connectivity index (χ3v) is 12.0. The van der Waals surface area contributed by atoms with Crippen molar-refractivity contribution < 1.29 is 63.2 Å². The first-order valence-electron chi connectivity index (χ1n) is 22.9. The molecule has 7 N–H and O–H groups in total. The van der Waals surface area contributed by atoms with Gasteiger partial charge in [-0.3, -0.25) is 19.7 Å². The van der Waals surface area contributed by atoms with Crippen molar-refractivity contribution >= 4 is 42.5 Å². The van der Waals surface area contributed by atoms with Crippen molar-refractivity contribution in [2.45, 2.75) is 45.3 Å². The molecule has 0 aromatic heterocycles. The maximum Gasteiger partial charge on any atom is 0.326 e. The number of aliphatic carboxylic acids is 2. The van der Waals surface area contributed by atoms with E-state index in [0.29, 0.717) is 34.1 Å². The summed E-state index contributed by atoms with van der Waals surface area (Å²) in [6, 6.07) is 35.8. The minimum absolute atomic E-state index is 0.142. The molecule has 2 atom stereocenters. The Hall–Kier alpha value is -7.95. The SMILES string of the molecule is CC(N)(CO)C(=O)O.COc1ccc(-c2cccc(/C=C/c3cc(OC)c(C=O)c(OC)c3)c2C)cc1.COc1ccc(-c2cccc(/C=C/c3cc(OC)c(CNC(C)(CO)C(=O)O)c(OC)c3)c2C)cc1. The number of aliphatic hydroxyl groups excluding tert-OH is 2. The lowest BCUT2D eigenvalue weighted by molar-refractivity contribution is -0.146. The molecule has 0 fully saturated rings. The van der Waals surface area contributed by atoms with Crippen molar-refractivity contribution in [2.75, 3.05) is 55.9 Å². The van der Waals surface area contributed by atoms with Crippen LogP contribution in [0.15, 0.2) is 109 Å². The number of nitrogens with two attached hydrogens (primary N) is 1. The highest BCUT2D eigenvalue weighted by Crippen LogP contribution is 2.34. The molecule has 0 aliphatic carbocycles. The largest absolute Gasteiger partial charge is 0.497 e. The molecule has 6 aromatic rings. The number of carboxylic acid groups (broad SMARTS) is 2. The Kier molecular flexibility index (Phi) is 21.3. The predicted octanol–water partition coefficient (Wildman–Crippen LogP) is 9.23. The number of carbonyl (C=O) groups is 3. The Balaban J connectivity index is 0.000000280. The highest BCUT2D eigenvalue weighted by Gasteiger charge is 2.32. The predicted molar refractivity (Wildman–Crippen MR) is 286 cm³/mol. The third kappa shape index (κ3) is 15.0. The van der Waals surface area contributed by atoms with Crippen molar-refractivity contribution in [3.05, 3.63) is 154 Å². The average Bonchev–Trinajstić information content (AvgIpc) is 3.41. The van der Waals surface area contributed by atoms with Crippen molar-refractivity contribution in [1.82, 2.24) is 5.32 Å². The van der Waals surface area contributed by atoms with Crippen LogP contribution in [0.4, 0.5) is 0 Å². The van der Waals surface area contributed by atoms with Crippen molar-refractivity contribution in [3.63, 3.8) is 0 Å². The van der Waals surface area contributed by atoms with E-state index in [-0.39, 0.29) is 6.54 Å². The average molecular weight is 999 g/mol. The van der Waals surface area contributed by atoms with Gasteiger partial charge in [0, 0.05) is 12.1 Å². The molecule has 0 spiro atoms. The third-order valence-electron chi connectivity index (χ3n) is 12.0. The molecular formula is C58H66N2O13. The summed E-state index contributed by atoms with van der Waals surface area (Å²) in [5, 5.41) is 38.3. The van der Waals surface area contributed by atoms with E-state index in [1.54, 1.807) is 28.4 Å². The molecule has 0 saturated heterocycles. The van der Waals surface area contributed by atoms with Crippen LogP contribution in [-0.4, -0.2) is 106 Å². The standard InChI is InChI=1S/C29H33NO6.C25H24O4.C4H9NO3/c1-19-21(7-6-8-24(19)22-11-13-23(34-3)14-12-22)10-9-20-15-26(35-4)25(27(16-20)36-5)17-30-29(2,18-31)28(32)33;1-17-19(6-5-7-22(17)20-10-12-21(27-2)13-11-20)9-8-18-14-24(28-3)23(16-26)25(15-18)29-4;1-4(5,2-6)3(7)8/h6-16,30-31H,17-18H2,1-5H3,(H,32,33);5-16H,1-4H3;6H,2,5H2,1H3,(H,7,8)/b10-9+;9-8+;. The van der Waals surface area contributed by atoms with Crippen LogP contribution in [0.3, 0.4) is 0 Å². The van der Waals surface area contributed by atoms with Crippen LogP contribution in [0.5, 0.6) is 34.5 Å². The molecule has 2 unspecified atom stereocenters. The molecule has 386 valence electrons. The van der Waals surface area contributed by atoms with Gasteiger partial charge in [-0.2, -0.15) is 0 Å². The highest BCUT2D eigenvalue weighted by molar-refractivity contribution is 5.86. The van der Waals surface area contributed by atoms with E-state index in [1.165, 1.54) is 39.2 Å². The quantitative estimate of drug-likeness (QED) is 0.0310. The van der Waals surface area contributed by atoms with E-state index in [0.717, 1.165) is 62.3 Å². The minimum Gasteiger partial charge on any atom is -0.497 e. The Bertz CT molecular complexity index is 2820. The summed E-state index contributed by atoms with van der Waals surface area (Å²) in [6.07, 6.45) is 8.81.